The van der Waals surface area contributed by atoms with Crippen LogP contribution in [0.1, 0.15) is 62.2 Å². The summed E-state index contributed by atoms with van der Waals surface area (Å²) in [5, 5.41) is 9.46. The molecule has 17 heavy (non-hydrogen) atoms. The Balaban J connectivity index is 2.29. The molecule has 0 bridgehead atoms. The van der Waals surface area contributed by atoms with Crippen LogP contribution in [0.3, 0.4) is 0 Å². The van der Waals surface area contributed by atoms with E-state index < -0.39 is 0 Å². The van der Waals surface area contributed by atoms with Gasteiger partial charge in [0.05, 0.1) is 6.61 Å². The fourth-order valence-electron chi connectivity index (χ4n) is 2.29. The Hall–Kier alpha value is -0.960. The number of aromatic nitrogens is 2. The lowest BCUT2D eigenvalue weighted by atomic mass is 9.82. The quantitative estimate of drug-likeness (QED) is 0.871. The van der Waals surface area contributed by atoms with Crippen LogP contribution in [0.25, 0.3) is 0 Å². The van der Waals surface area contributed by atoms with Gasteiger partial charge in [0.2, 0.25) is 0 Å². The zero-order chi connectivity index (χ0) is 12.4. The molecule has 0 spiro atoms. The molecule has 0 amide bonds. The standard InChI is InChI=1S/C14H22N2O/c1-9(2)12(8-17)14-15-10(3)7-13(16-14)11-5-4-6-11/h7,9,11-12,17H,4-6,8H2,1-3H3. The lowest BCUT2D eigenvalue weighted by molar-refractivity contribution is 0.231. The van der Waals surface area contributed by atoms with Gasteiger partial charge in [0.15, 0.2) is 0 Å². The van der Waals surface area contributed by atoms with Gasteiger partial charge in [-0.15, -0.1) is 0 Å². The Morgan fingerprint density at radius 1 is 1.35 bits per heavy atom. The van der Waals surface area contributed by atoms with Crippen LogP contribution in [0.4, 0.5) is 0 Å². The third-order valence-corrected chi connectivity index (χ3v) is 3.75. The first-order valence-electron chi connectivity index (χ1n) is 6.58. The van der Waals surface area contributed by atoms with E-state index >= 15 is 0 Å². The molecule has 2 rings (SSSR count). The molecular formula is C14H22N2O. The predicted octanol–water partition coefficient (Wildman–Crippen LogP) is 2.78. The first-order chi connectivity index (χ1) is 8.11. The maximum atomic E-state index is 9.46. The van der Waals surface area contributed by atoms with Crippen molar-refractivity contribution in [2.45, 2.75) is 51.9 Å². The molecule has 1 aliphatic carbocycles. The number of hydrogen-bond donors (Lipinski definition) is 1. The minimum Gasteiger partial charge on any atom is -0.396 e. The molecule has 0 saturated heterocycles. The van der Waals surface area contributed by atoms with Gasteiger partial charge in [-0.1, -0.05) is 20.3 Å². The summed E-state index contributed by atoms with van der Waals surface area (Å²) in [7, 11) is 0. The summed E-state index contributed by atoms with van der Waals surface area (Å²) in [5.74, 6) is 1.89. The van der Waals surface area contributed by atoms with Gasteiger partial charge < -0.3 is 5.11 Å². The number of aliphatic hydroxyl groups excluding tert-OH is 1. The molecule has 1 heterocycles. The van der Waals surface area contributed by atoms with Crippen molar-refractivity contribution < 1.29 is 5.11 Å². The van der Waals surface area contributed by atoms with Crippen LogP contribution in [0.2, 0.25) is 0 Å². The highest BCUT2D eigenvalue weighted by Gasteiger charge is 2.24. The zero-order valence-electron chi connectivity index (χ0n) is 11.0. The molecule has 3 nitrogen and oxygen atoms in total. The van der Waals surface area contributed by atoms with Crippen LogP contribution in [0.15, 0.2) is 6.07 Å². The maximum Gasteiger partial charge on any atom is 0.134 e. The molecule has 0 aliphatic heterocycles. The Bertz CT molecular complexity index is 386. The lowest BCUT2D eigenvalue weighted by Gasteiger charge is -2.26. The maximum absolute atomic E-state index is 9.46. The van der Waals surface area contributed by atoms with E-state index in [1.54, 1.807) is 0 Å². The largest absolute Gasteiger partial charge is 0.396 e. The summed E-state index contributed by atoms with van der Waals surface area (Å²) in [5.41, 5.74) is 2.20. The van der Waals surface area contributed by atoms with Crippen LogP contribution >= 0.6 is 0 Å². The molecule has 1 N–H and O–H groups in total. The first kappa shape index (κ1) is 12.5. The van der Waals surface area contributed by atoms with E-state index in [-0.39, 0.29) is 12.5 Å². The average molecular weight is 234 g/mol. The Morgan fingerprint density at radius 2 is 2.06 bits per heavy atom. The van der Waals surface area contributed by atoms with E-state index in [1.807, 2.05) is 6.92 Å². The third kappa shape index (κ3) is 2.65. The molecule has 0 radical (unpaired) electrons. The van der Waals surface area contributed by atoms with Crippen LogP contribution in [0.5, 0.6) is 0 Å². The molecule has 1 aliphatic rings. The second-order valence-electron chi connectivity index (χ2n) is 5.45. The van der Waals surface area contributed by atoms with Gasteiger partial charge in [-0.25, -0.2) is 9.97 Å². The van der Waals surface area contributed by atoms with E-state index in [2.05, 4.69) is 29.9 Å². The summed E-state index contributed by atoms with van der Waals surface area (Å²) in [6, 6.07) is 2.10. The van der Waals surface area contributed by atoms with Crippen molar-refractivity contribution in [2.24, 2.45) is 5.92 Å². The molecule has 0 aromatic carbocycles. The van der Waals surface area contributed by atoms with Crippen molar-refractivity contribution in [3.05, 3.63) is 23.3 Å². The fraction of sp³-hybridized carbons (Fsp3) is 0.714. The number of hydrogen-bond acceptors (Lipinski definition) is 3. The van der Waals surface area contributed by atoms with Gasteiger partial charge in [0.1, 0.15) is 5.82 Å². The summed E-state index contributed by atoms with van der Waals surface area (Å²) in [4.78, 5) is 9.17. The van der Waals surface area contributed by atoms with E-state index in [1.165, 1.54) is 25.0 Å². The lowest BCUT2D eigenvalue weighted by Crippen LogP contribution is -2.18. The molecule has 94 valence electrons. The first-order valence-corrected chi connectivity index (χ1v) is 6.58. The van der Waals surface area contributed by atoms with Crippen molar-refractivity contribution in [1.29, 1.82) is 0 Å². The van der Waals surface area contributed by atoms with Crippen molar-refractivity contribution >= 4 is 0 Å². The molecule has 1 saturated carbocycles. The second-order valence-corrected chi connectivity index (χ2v) is 5.45. The predicted molar refractivity (Wildman–Crippen MR) is 68.0 cm³/mol. The normalized spacial score (nSPS) is 18.2. The molecule has 1 fully saturated rings. The van der Waals surface area contributed by atoms with Gasteiger partial charge in [0, 0.05) is 23.2 Å². The highest BCUT2D eigenvalue weighted by Crippen LogP contribution is 2.36. The topological polar surface area (TPSA) is 46.0 Å². The highest BCUT2D eigenvalue weighted by atomic mass is 16.3. The summed E-state index contributed by atoms with van der Waals surface area (Å²) >= 11 is 0. The van der Waals surface area contributed by atoms with Gasteiger partial charge in [0.25, 0.3) is 0 Å². The molecule has 1 atom stereocenters. The minimum absolute atomic E-state index is 0.0636. The van der Waals surface area contributed by atoms with Gasteiger partial charge >= 0.3 is 0 Å². The summed E-state index contributed by atoms with van der Waals surface area (Å²) in [6.45, 7) is 6.36. The molecule has 1 unspecified atom stereocenters. The zero-order valence-corrected chi connectivity index (χ0v) is 11.0. The smallest absolute Gasteiger partial charge is 0.134 e. The fourth-order valence-corrected chi connectivity index (χ4v) is 2.29. The van der Waals surface area contributed by atoms with Gasteiger partial charge in [-0.05, 0) is 31.7 Å². The molecular weight excluding hydrogens is 212 g/mol. The van der Waals surface area contributed by atoms with Crippen LogP contribution in [-0.4, -0.2) is 21.7 Å². The van der Waals surface area contributed by atoms with Crippen LogP contribution in [-0.2, 0) is 0 Å². The van der Waals surface area contributed by atoms with Crippen LogP contribution < -0.4 is 0 Å². The third-order valence-electron chi connectivity index (χ3n) is 3.75. The number of aryl methyl sites for hydroxylation is 1. The summed E-state index contributed by atoms with van der Waals surface area (Å²) < 4.78 is 0. The Kier molecular flexibility index (Phi) is 3.77. The van der Waals surface area contributed by atoms with Crippen LogP contribution in [0, 0.1) is 12.8 Å². The highest BCUT2D eigenvalue weighted by molar-refractivity contribution is 5.18. The van der Waals surface area contributed by atoms with Gasteiger partial charge in [-0.3, -0.25) is 0 Å². The monoisotopic (exact) mass is 234 g/mol. The minimum atomic E-state index is 0.0636. The molecule has 3 heteroatoms. The van der Waals surface area contributed by atoms with Gasteiger partial charge in [-0.2, -0.15) is 0 Å². The van der Waals surface area contributed by atoms with E-state index in [4.69, 9.17) is 0 Å². The van der Waals surface area contributed by atoms with Crippen molar-refractivity contribution in [1.82, 2.24) is 9.97 Å². The summed E-state index contributed by atoms with van der Waals surface area (Å²) in [6.07, 6.45) is 3.82. The number of aliphatic hydroxyl groups is 1. The number of rotatable bonds is 4. The number of nitrogens with zero attached hydrogens (tertiary/aromatic N) is 2. The van der Waals surface area contributed by atoms with Crippen molar-refractivity contribution in [3.63, 3.8) is 0 Å². The average Bonchev–Trinajstić information content (AvgIpc) is 2.14. The van der Waals surface area contributed by atoms with E-state index in [0.29, 0.717) is 11.8 Å². The SMILES string of the molecule is Cc1cc(C2CCC2)nc(C(CO)C(C)C)n1. The molecule has 1 aromatic heterocycles. The van der Waals surface area contributed by atoms with E-state index in [9.17, 15) is 5.11 Å². The van der Waals surface area contributed by atoms with Crippen molar-refractivity contribution in [3.8, 4) is 0 Å². The second kappa shape index (κ2) is 5.13. The van der Waals surface area contributed by atoms with Crippen molar-refractivity contribution in [2.75, 3.05) is 6.61 Å². The Morgan fingerprint density at radius 3 is 2.53 bits per heavy atom. The Labute approximate surface area is 103 Å². The van der Waals surface area contributed by atoms with E-state index in [0.717, 1.165) is 11.5 Å². The molecule has 1 aromatic rings.